The van der Waals surface area contributed by atoms with E-state index in [1.807, 2.05) is 36.9 Å². The lowest BCUT2D eigenvalue weighted by molar-refractivity contribution is 0.340. The Bertz CT molecular complexity index is 551. The summed E-state index contributed by atoms with van der Waals surface area (Å²) < 4.78 is 5.50. The average molecular weight is 277 g/mol. The normalized spacial score (nSPS) is 15.6. The number of aromatic amines is 1. The first-order chi connectivity index (χ1) is 9.35. The molecule has 2 aromatic rings. The Morgan fingerprint density at radius 1 is 1.42 bits per heavy atom. The maximum Gasteiger partial charge on any atom is 0.166 e. The smallest absolute Gasteiger partial charge is 0.166 e. The zero-order valence-corrected chi connectivity index (χ0v) is 11.9. The molecule has 1 aliphatic heterocycles. The minimum atomic E-state index is 0.691. The summed E-state index contributed by atoms with van der Waals surface area (Å²) >= 11 is 1.81. The first kappa shape index (κ1) is 12.8. The van der Waals surface area contributed by atoms with Gasteiger partial charge in [-0.05, 0) is 44.5 Å². The van der Waals surface area contributed by atoms with Gasteiger partial charge in [0.2, 0.25) is 0 Å². The Morgan fingerprint density at radius 2 is 2.32 bits per heavy atom. The fraction of sp³-hybridized carbons (Fsp3) is 0.500. The second-order valence-electron chi connectivity index (χ2n) is 4.82. The third kappa shape index (κ3) is 3.04. The van der Waals surface area contributed by atoms with Gasteiger partial charge in [-0.3, -0.25) is 0 Å². The molecule has 0 aliphatic carbocycles. The van der Waals surface area contributed by atoms with E-state index in [0.29, 0.717) is 6.61 Å². The van der Waals surface area contributed by atoms with Gasteiger partial charge < -0.3 is 15.0 Å². The molecule has 1 fully saturated rings. The number of nitrogens with zero attached hydrogens (tertiary/aromatic N) is 1. The number of aromatic nitrogens is 2. The molecule has 0 bridgehead atoms. The number of ether oxygens (including phenoxy) is 1. The van der Waals surface area contributed by atoms with Crippen LogP contribution in [0.4, 0.5) is 0 Å². The van der Waals surface area contributed by atoms with Crippen molar-refractivity contribution in [2.24, 2.45) is 5.92 Å². The molecule has 0 unspecified atom stereocenters. The van der Waals surface area contributed by atoms with Crippen LogP contribution >= 0.6 is 11.8 Å². The van der Waals surface area contributed by atoms with Crippen LogP contribution in [0.25, 0.3) is 11.0 Å². The second kappa shape index (κ2) is 5.84. The van der Waals surface area contributed by atoms with Gasteiger partial charge in [0.15, 0.2) is 5.16 Å². The van der Waals surface area contributed by atoms with Gasteiger partial charge in [-0.1, -0.05) is 11.8 Å². The van der Waals surface area contributed by atoms with Gasteiger partial charge >= 0.3 is 0 Å². The lowest BCUT2D eigenvalue weighted by Crippen LogP contribution is -2.42. The van der Waals surface area contributed by atoms with Gasteiger partial charge in [0.05, 0.1) is 17.6 Å². The van der Waals surface area contributed by atoms with Crippen molar-refractivity contribution in [2.75, 3.05) is 25.4 Å². The Labute approximate surface area is 117 Å². The molecule has 102 valence electrons. The Balaban J connectivity index is 1.63. The molecule has 0 spiro atoms. The van der Waals surface area contributed by atoms with E-state index < -0.39 is 0 Å². The van der Waals surface area contributed by atoms with E-state index in [0.717, 1.165) is 33.6 Å². The summed E-state index contributed by atoms with van der Waals surface area (Å²) in [5.74, 6) is 2.89. The van der Waals surface area contributed by atoms with Gasteiger partial charge in [-0.2, -0.15) is 0 Å². The Kier molecular flexibility index (Phi) is 3.94. The van der Waals surface area contributed by atoms with Crippen molar-refractivity contribution in [3.05, 3.63) is 18.2 Å². The molecule has 0 atom stereocenters. The molecule has 2 heterocycles. The van der Waals surface area contributed by atoms with Crippen LogP contribution in [0.3, 0.4) is 0 Å². The molecule has 1 aromatic carbocycles. The quantitative estimate of drug-likeness (QED) is 0.797. The molecule has 19 heavy (non-hydrogen) atoms. The molecule has 1 saturated heterocycles. The highest BCUT2D eigenvalue weighted by Crippen LogP contribution is 2.24. The molecule has 0 saturated carbocycles. The number of nitrogens with one attached hydrogen (secondary N) is 2. The van der Waals surface area contributed by atoms with Gasteiger partial charge in [0.25, 0.3) is 0 Å². The SMILES string of the molecule is CCOc1ccc2nc(SCCC3CNC3)[nH]c2c1. The standard InChI is InChI=1S/C14H19N3OS/c1-2-18-11-3-4-12-13(7-11)17-14(16-12)19-6-5-10-8-15-9-10/h3-4,7,10,15H,2,5-6,8-9H2,1H3,(H,16,17). The van der Waals surface area contributed by atoms with E-state index in [1.54, 1.807) is 0 Å². The van der Waals surface area contributed by atoms with Crippen molar-refractivity contribution >= 4 is 22.8 Å². The molecular weight excluding hydrogens is 258 g/mol. The monoisotopic (exact) mass is 277 g/mol. The van der Waals surface area contributed by atoms with Crippen molar-refractivity contribution in [3.8, 4) is 5.75 Å². The number of hydrogen-bond donors (Lipinski definition) is 2. The number of thioether (sulfide) groups is 1. The molecule has 1 aromatic heterocycles. The van der Waals surface area contributed by atoms with Crippen molar-refractivity contribution in [1.82, 2.24) is 15.3 Å². The van der Waals surface area contributed by atoms with E-state index in [2.05, 4.69) is 15.3 Å². The molecule has 3 rings (SSSR count). The highest BCUT2D eigenvalue weighted by molar-refractivity contribution is 7.99. The van der Waals surface area contributed by atoms with E-state index in [9.17, 15) is 0 Å². The van der Waals surface area contributed by atoms with Crippen LogP contribution in [-0.2, 0) is 0 Å². The van der Waals surface area contributed by atoms with Crippen LogP contribution in [0.2, 0.25) is 0 Å². The molecule has 2 N–H and O–H groups in total. The summed E-state index contributed by atoms with van der Waals surface area (Å²) in [6.45, 7) is 5.04. The number of imidazole rings is 1. The minimum absolute atomic E-state index is 0.691. The predicted octanol–water partition coefficient (Wildman–Crippen LogP) is 2.66. The summed E-state index contributed by atoms with van der Waals surface area (Å²) in [7, 11) is 0. The lowest BCUT2D eigenvalue weighted by Gasteiger charge is -2.26. The van der Waals surface area contributed by atoms with Crippen LogP contribution in [0, 0.1) is 5.92 Å². The van der Waals surface area contributed by atoms with E-state index in [-0.39, 0.29) is 0 Å². The Morgan fingerprint density at radius 3 is 3.05 bits per heavy atom. The zero-order valence-electron chi connectivity index (χ0n) is 11.1. The first-order valence-corrected chi connectivity index (χ1v) is 7.80. The number of fused-ring (bicyclic) bond motifs is 1. The molecule has 1 aliphatic rings. The van der Waals surface area contributed by atoms with Crippen LogP contribution in [-0.4, -0.2) is 35.4 Å². The number of benzene rings is 1. The first-order valence-electron chi connectivity index (χ1n) is 6.81. The van der Waals surface area contributed by atoms with Crippen molar-refractivity contribution in [1.29, 1.82) is 0 Å². The van der Waals surface area contributed by atoms with E-state index in [1.165, 1.54) is 19.5 Å². The maximum absolute atomic E-state index is 5.50. The third-order valence-corrected chi connectivity index (χ3v) is 4.28. The lowest BCUT2D eigenvalue weighted by atomic mass is 10.0. The van der Waals surface area contributed by atoms with Gasteiger partial charge in [0.1, 0.15) is 5.75 Å². The molecule has 4 nitrogen and oxygen atoms in total. The number of H-pyrrole nitrogens is 1. The third-order valence-electron chi connectivity index (χ3n) is 3.37. The molecule has 0 amide bonds. The number of hydrogen-bond acceptors (Lipinski definition) is 4. The van der Waals surface area contributed by atoms with Gasteiger partial charge in [-0.15, -0.1) is 0 Å². The van der Waals surface area contributed by atoms with Crippen LogP contribution in [0.1, 0.15) is 13.3 Å². The summed E-state index contributed by atoms with van der Waals surface area (Å²) in [6.07, 6.45) is 1.26. The minimum Gasteiger partial charge on any atom is -0.494 e. The van der Waals surface area contributed by atoms with Crippen LogP contribution < -0.4 is 10.1 Å². The molecule has 0 radical (unpaired) electrons. The Hall–Kier alpha value is -1.20. The van der Waals surface area contributed by atoms with Crippen LogP contribution in [0.5, 0.6) is 5.75 Å². The van der Waals surface area contributed by atoms with Crippen molar-refractivity contribution < 1.29 is 4.74 Å². The average Bonchev–Trinajstić information content (AvgIpc) is 2.74. The van der Waals surface area contributed by atoms with Crippen LogP contribution in [0.15, 0.2) is 23.4 Å². The highest BCUT2D eigenvalue weighted by Gasteiger charge is 2.16. The molecule has 5 heteroatoms. The number of rotatable bonds is 6. The highest BCUT2D eigenvalue weighted by atomic mass is 32.2. The van der Waals surface area contributed by atoms with Gasteiger partial charge in [-0.25, -0.2) is 4.98 Å². The summed E-state index contributed by atoms with van der Waals surface area (Å²) in [5.41, 5.74) is 2.06. The predicted molar refractivity (Wildman–Crippen MR) is 79.0 cm³/mol. The fourth-order valence-corrected chi connectivity index (χ4v) is 3.15. The van der Waals surface area contributed by atoms with Crippen molar-refractivity contribution in [2.45, 2.75) is 18.5 Å². The van der Waals surface area contributed by atoms with Gasteiger partial charge in [0, 0.05) is 11.8 Å². The largest absolute Gasteiger partial charge is 0.494 e. The zero-order chi connectivity index (χ0) is 13.1. The van der Waals surface area contributed by atoms with E-state index in [4.69, 9.17) is 4.74 Å². The second-order valence-corrected chi connectivity index (χ2v) is 5.90. The van der Waals surface area contributed by atoms with E-state index >= 15 is 0 Å². The van der Waals surface area contributed by atoms with Crippen molar-refractivity contribution in [3.63, 3.8) is 0 Å². The summed E-state index contributed by atoms with van der Waals surface area (Å²) in [6, 6.07) is 6.00. The maximum atomic E-state index is 5.50. The molecular formula is C14H19N3OS. The summed E-state index contributed by atoms with van der Waals surface area (Å²) in [4.78, 5) is 7.95. The summed E-state index contributed by atoms with van der Waals surface area (Å²) in [5, 5.41) is 4.31. The fourth-order valence-electron chi connectivity index (χ4n) is 2.16. The topological polar surface area (TPSA) is 49.9 Å².